The van der Waals surface area contributed by atoms with Crippen molar-refractivity contribution in [3.8, 4) is 0 Å². The smallest absolute Gasteiger partial charge is 0.310 e. The molecule has 2 fully saturated rings. The quantitative estimate of drug-likeness (QED) is 0.216. The molecule has 0 bridgehead atoms. The van der Waals surface area contributed by atoms with Gasteiger partial charge in [-0.25, -0.2) is 0 Å². The van der Waals surface area contributed by atoms with Crippen LogP contribution in [0.4, 0.5) is 5.69 Å². The molecule has 0 saturated heterocycles. The molecule has 0 amide bonds. The fourth-order valence-electron chi connectivity index (χ4n) is 8.21. The molecule has 3 aliphatic carbocycles. The van der Waals surface area contributed by atoms with Crippen molar-refractivity contribution in [2.75, 3.05) is 0 Å². The van der Waals surface area contributed by atoms with Crippen LogP contribution in [0, 0.1) is 39.2 Å². The lowest BCUT2D eigenvalue weighted by molar-refractivity contribution is -0.384. The van der Waals surface area contributed by atoms with E-state index in [1.54, 1.807) is 12.1 Å². The Kier molecular flexibility index (Phi) is 7.07. The first-order valence-electron chi connectivity index (χ1n) is 14.3. The molecule has 5 rings (SSSR count). The number of carbonyl (C=O) groups excluding carboxylic acids is 1. The van der Waals surface area contributed by atoms with Crippen molar-refractivity contribution in [2.24, 2.45) is 29.1 Å². The zero-order valence-corrected chi connectivity index (χ0v) is 24.0. The molecule has 2 saturated carbocycles. The molecule has 5 nitrogen and oxygen atoms in total. The number of esters is 1. The summed E-state index contributed by atoms with van der Waals surface area (Å²) >= 11 is 0. The number of allylic oxidation sites excluding steroid dienone is 4. The van der Waals surface area contributed by atoms with Gasteiger partial charge in [-0.3, -0.25) is 14.9 Å². The molecule has 5 heteroatoms. The standard InChI is InChI=1S/C34H41NO4/c1-21-12-17-27(33(4,5)25-10-8-7-9-11-25)28(19-21)39-32(36)29-30-23(3)18-22(2)20-34(30,6)31(29)24-13-15-26(16-14-24)35(37)38/h7-11,13-16,18,20-21,27-31H,12,17,19H2,1-6H3/t21-,27-,28-,29+,30+,31-,34+/m1/s1. The number of benzene rings is 2. The van der Waals surface area contributed by atoms with Gasteiger partial charge in [0.15, 0.2) is 0 Å². The molecule has 0 N–H and O–H groups in total. The van der Waals surface area contributed by atoms with Crippen molar-refractivity contribution in [1.29, 1.82) is 0 Å². The number of carbonyl (C=O) groups is 1. The van der Waals surface area contributed by atoms with Gasteiger partial charge < -0.3 is 4.74 Å². The van der Waals surface area contributed by atoms with Crippen molar-refractivity contribution in [1.82, 2.24) is 0 Å². The zero-order chi connectivity index (χ0) is 28.1. The van der Waals surface area contributed by atoms with Crippen LogP contribution in [-0.4, -0.2) is 17.0 Å². The minimum atomic E-state index is -0.378. The molecule has 0 aromatic heterocycles. The summed E-state index contributed by atoms with van der Waals surface area (Å²) < 4.78 is 6.57. The second kappa shape index (κ2) is 10.1. The van der Waals surface area contributed by atoms with Crippen LogP contribution in [0.25, 0.3) is 0 Å². The lowest BCUT2D eigenvalue weighted by Crippen LogP contribution is -2.58. The Bertz CT molecular complexity index is 1310. The van der Waals surface area contributed by atoms with Gasteiger partial charge in [-0.2, -0.15) is 0 Å². The third-order valence-electron chi connectivity index (χ3n) is 10.0. The highest BCUT2D eigenvalue weighted by atomic mass is 16.6. The second-order valence-corrected chi connectivity index (χ2v) is 13.1. The van der Waals surface area contributed by atoms with Crippen LogP contribution in [0.5, 0.6) is 0 Å². The van der Waals surface area contributed by atoms with E-state index in [0.717, 1.165) is 24.8 Å². The molecule has 2 aromatic rings. The summed E-state index contributed by atoms with van der Waals surface area (Å²) in [6.45, 7) is 13.3. The number of ether oxygens (including phenoxy) is 1. The molecule has 0 radical (unpaired) electrons. The Morgan fingerprint density at radius 2 is 1.69 bits per heavy atom. The minimum Gasteiger partial charge on any atom is -0.462 e. The second-order valence-electron chi connectivity index (χ2n) is 13.1. The Morgan fingerprint density at radius 1 is 1.03 bits per heavy atom. The maximum atomic E-state index is 14.2. The highest BCUT2D eigenvalue weighted by Crippen LogP contribution is 2.66. The summed E-state index contributed by atoms with van der Waals surface area (Å²) in [6, 6.07) is 17.3. The third kappa shape index (κ3) is 4.74. The van der Waals surface area contributed by atoms with Crippen LogP contribution >= 0.6 is 0 Å². The molecule has 2 aromatic carbocycles. The van der Waals surface area contributed by atoms with Crippen LogP contribution in [0.3, 0.4) is 0 Å². The first-order chi connectivity index (χ1) is 18.4. The van der Waals surface area contributed by atoms with E-state index in [0.29, 0.717) is 5.92 Å². The number of fused-ring (bicyclic) bond motifs is 1. The first kappa shape index (κ1) is 27.4. The van der Waals surface area contributed by atoms with E-state index in [1.807, 2.05) is 18.2 Å². The Labute approximate surface area is 232 Å². The van der Waals surface area contributed by atoms with Gasteiger partial charge in [0.1, 0.15) is 6.10 Å². The molecule has 206 valence electrons. The summed E-state index contributed by atoms with van der Waals surface area (Å²) in [5, 5.41) is 11.3. The summed E-state index contributed by atoms with van der Waals surface area (Å²) in [6.07, 6.45) is 7.35. The number of hydrogen-bond donors (Lipinski definition) is 0. The molecule has 0 unspecified atom stereocenters. The largest absolute Gasteiger partial charge is 0.462 e. The fourth-order valence-corrected chi connectivity index (χ4v) is 8.21. The number of nitro groups is 1. The summed E-state index contributed by atoms with van der Waals surface area (Å²) in [5.41, 5.74) is 4.32. The van der Waals surface area contributed by atoms with Gasteiger partial charge in [0.2, 0.25) is 0 Å². The van der Waals surface area contributed by atoms with Crippen LogP contribution < -0.4 is 0 Å². The molecule has 0 heterocycles. The number of hydrogen-bond acceptors (Lipinski definition) is 4. The Hall–Kier alpha value is -3.21. The molecule has 7 atom stereocenters. The van der Waals surface area contributed by atoms with Crippen LogP contribution in [0.1, 0.15) is 77.8 Å². The lowest BCUT2D eigenvalue weighted by Gasteiger charge is -2.60. The van der Waals surface area contributed by atoms with Gasteiger partial charge in [0.25, 0.3) is 5.69 Å². The third-order valence-corrected chi connectivity index (χ3v) is 10.0. The van der Waals surface area contributed by atoms with Crippen molar-refractivity contribution < 1.29 is 14.5 Å². The normalized spacial score (nSPS) is 32.3. The molecular weight excluding hydrogens is 486 g/mol. The average Bonchev–Trinajstić information content (AvgIpc) is 2.87. The van der Waals surface area contributed by atoms with Crippen LogP contribution in [-0.2, 0) is 14.9 Å². The molecule has 0 spiro atoms. The zero-order valence-electron chi connectivity index (χ0n) is 24.0. The number of non-ortho nitro benzene ring substituents is 1. The lowest BCUT2D eigenvalue weighted by atomic mass is 9.42. The van der Waals surface area contributed by atoms with E-state index in [4.69, 9.17) is 4.74 Å². The molecule has 0 aliphatic heterocycles. The number of rotatable bonds is 6. The van der Waals surface area contributed by atoms with E-state index in [1.165, 1.54) is 16.7 Å². The minimum absolute atomic E-state index is 0.0514. The maximum absolute atomic E-state index is 14.2. The maximum Gasteiger partial charge on any atom is 0.310 e. The van der Waals surface area contributed by atoms with Gasteiger partial charge >= 0.3 is 5.97 Å². The van der Waals surface area contributed by atoms with Crippen LogP contribution in [0.2, 0.25) is 0 Å². The number of nitro benzene ring substituents is 1. The highest BCUT2D eigenvalue weighted by Gasteiger charge is 2.63. The summed E-state index contributed by atoms with van der Waals surface area (Å²) in [4.78, 5) is 25.1. The van der Waals surface area contributed by atoms with Gasteiger partial charge in [-0.15, -0.1) is 0 Å². The van der Waals surface area contributed by atoms with E-state index < -0.39 is 0 Å². The predicted octanol–water partition coefficient (Wildman–Crippen LogP) is 8.16. The van der Waals surface area contributed by atoms with E-state index in [2.05, 4.69) is 78.0 Å². The van der Waals surface area contributed by atoms with Gasteiger partial charge in [-0.05, 0) is 49.1 Å². The monoisotopic (exact) mass is 527 g/mol. The summed E-state index contributed by atoms with van der Waals surface area (Å²) in [5.74, 6) is 0.231. The Balaban J connectivity index is 1.47. The van der Waals surface area contributed by atoms with Gasteiger partial charge in [0.05, 0.1) is 10.8 Å². The Morgan fingerprint density at radius 3 is 2.33 bits per heavy atom. The SMILES string of the molecule is CC1=C[C@]2(C)[C@H](c3ccc([N+](=O)[O-])cc3)[C@@H](C(=O)O[C@@H]3C[C@H](C)CC[C@H]3C(C)(C)c3ccccc3)[C@@H]2C(C)=C1. The summed E-state index contributed by atoms with van der Waals surface area (Å²) in [7, 11) is 0. The van der Waals surface area contributed by atoms with Crippen molar-refractivity contribution >= 4 is 11.7 Å². The predicted molar refractivity (Wildman–Crippen MR) is 154 cm³/mol. The average molecular weight is 528 g/mol. The van der Waals surface area contributed by atoms with E-state index in [9.17, 15) is 14.9 Å². The number of nitrogens with zero attached hydrogens (tertiary/aromatic N) is 1. The molecule has 3 aliphatic rings. The first-order valence-corrected chi connectivity index (χ1v) is 14.3. The van der Waals surface area contributed by atoms with Crippen molar-refractivity contribution in [3.63, 3.8) is 0 Å². The van der Waals surface area contributed by atoms with Crippen molar-refractivity contribution in [2.45, 2.75) is 78.2 Å². The fraction of sp³-hybridized carbons (Fsp3) is 0.500. The van der Waals surface area contributed by atoms with Crippen LogP contribution in [0.15, 0.2) is 77.9 Å². The highest BCUT2D eigenvalue weighted by molar-refractivity contribution is 5.78. The van der Waals surface area contributed by atoms with E-state index in [-0.39, 0.29) is 57.2 Å². The molecule has 39 heavy (non-hydrogen) atoms. The van der Waals surface area contributed by atoms with Crippen molar-refractivity contribution in [3.05, 3.63) is 99.1 Å². The van der Waals surface area contributed by atoms with Gasteiger partial charge in [-0.1, -0.05) is 99.9 Å². The van der Waals surface area contributed by atoms with Gasteiger partial charge in [0, 0.05) is 35.3 Å². The van der Waals surface area contributed by atoms with E-state index >= 15 is 0 Å². The topological polar surface area (TPSA) is 69.4 Å². The molecular formula is C34H41NO4.